The molecule has 1 aliphatic carbocycles. The third-order valence-corrected chi connectivity index (χ3v) is 6.33. The van der Waals surface area contributed by atoms with Crippen molar-refractivity contribution in [3.63, 3.8) is 0 Å². The zero-order valence-corrected chi connectivity index (χ0v) is 18.5. The topological polar surface area (TPSA) is 86.6 Å². The molecule has 33 heavy (non-hydrogen) atoms. The fraction of sp³-hybridized carbons (Fsp3) is 0.478. The number of rotatable bonds is 3. The first-order valence-electron chi connectivity index (χ1n) is 10.6. The van der Waals surface area contributed by atoms with Crippen molar-refractivity contribution in [1.29, 1.82) is 0 Å². The van der Waals surface area contributed by atoms with Crippen LogP contribution in [0.3, 0.4) is 0 Å². The number of carbonyl (C=O) groups excluding carboxylic acids is 1. The lowest BCUT2D eigenvalue weighted by Crippen LogP contribution is -2.42. The largest absolute Gasteiger partial charge is 0.490 e. The van der Waals surface area contributed by atoms with Crippen LogP contribution in [0.15, 0.2) is 42.7 Å². The maximum absolute atomic E-state index is 12.3. The molecule has 7 nitrogen and oxygen atoms in total. The van der Waals surface area contributed by atoms with Crippen LogP contribution in [0.2, 0.25) is 0 Å². The van der Waals surface area contributed by atoms with Crippen molar-refractivity contribution in [2.75, 3.05) is 32.1 Å². The van der Waals surface area contributed by atoms with Crippen molar-refractivity contribution in [3.8, 4) is 0 Å². The molecule has 1 aliphatic heterocycles. The average Bonchev–Trinajstić information content (AvgIpc) is 3.07. The van der Waals surface area contributed by atoms with Crippen molar-refractivity contribution in [2.24, 2.45) is 0 Å². The molecule has 1 saturated heterocycles. The second-order valence-electron chi connectivity index (χ2n) is 8.60. The molecule has 1 spiro atoms. The molecule has 2 aromatic rings. The number of carboxylic acids is 1. The minimum absolute atomic E-state index is 0.194. The number of benzene rings is 1. The molecule has 2 aliphatic rings. The van der Waals surface area contributed by atoms with Gasteiger partial charge in [0.1, 0.15) is 0 Å². The second-order valence-corrected chi connectivity index (χ2v) is 8.60. The van der Waals surface area contributed by atoms with E-state index in [9.17, 15) is 18.0 Å². The number of carboxylic acid groups (broad SMARTS) is 1. The van der Waals surface area contributed by atoms with Crippen molar-refractivity contribution in [1.82, 2.24) is 14.9 Å². The van der Waals surface area contributed by atoms with Gasteiger partial charge >= 0.3 is 12.1 Å². The van der Waals surface area contributed by atoms with Crippen molar-refractivity contribution >= 4 is 17.8 Å². The third kappa shape index (κ3) is 5.61. The molecular weight excluding hydrogens is 437 g/mol. The summed E-state index contributed by atoms with van der Waals surface area (Å²) in [6, 6.07) is 10.6. The van der Waals surface area contributed by atoms with Gasteiger partial charge in [0.2, 0.25) is 11.9 Å². The minimum atomic E-state index is -5.08. The summed E-state index contributed by atoms with van der Waals surface area (Å²) in [7, 11) is 3.69. The Morgan fingerprint density at radius 3 is 2.24 bits per heavy atom. The summed E-state index contributed by atoms with van der Waals surface area (Å²) in [6.07, 6.45) is 2.40. The van der Waals surface area contributed by atoms with Crippen LogP contribution in [0, 0.1) is 0 Å². The molecule has 2 heterocycles. The summed E-state index contributed by atoms with van der Waals surface area (Å²) in [5, 5.41) is 7.12. The van der Waals surface area contributed by atoms with E-state index in [1.807, 2.05) is 20.2 Å². The number of piperidine rings is 1. The molecule has 0 saturated carbocycles. The molecule has 1 atom stereocenters. The Balaban J connectivity index is 0.000000383. The molecule has 178 valence electrons. The number of alkyl halides is 3. The number of halogens is 3. The van der Waals surface area contributed by atoms with E-state index in [1.54, 1.807) is 17.3 Å². The first-order chi connectivity index (χ1) is 15.5. The SMILES string of the molecule is CN(C)C(=O)CC1CC2(CCN(c3ncccn3)CC2)c2ccccc21.O=C(O)C(F)(F)F. The van der Waals surface area contributed by atoms with Crippen LogP contribution in [-0.4, -0.2) is 65.2 Å². The van der Waals surface area contributed by atoms with Gasteiger partial charge in [-0.1, -0.05) is 24.3 Å². The Labute approximate surface area is 190 Å². The lowest BCUT2D eigenvalue weighted by atomic mass is 9.73. The Kier molecular flexibility index (Phi) is 7.24. The molecule has 1 N–H and O–H groups in total. The molecule has 1 amide bonds. The van der Waals surface area contributed by atoms with E-state index in [4.69, 9.17) is 9.90 Å². The number of anilines is 1. The average molecular weight is 464 g/mol. The first kappa shape index (κ1) is 24.5. The predicted molar refractivity (Wildman–Crippen MR) is 116 cm³/mol. The maximum Gasteiger partial charge on any atom is 0.490 e. The molecule has 0 radical (unpaired) electrons. The van der Waals surface area contributed by atoms with Gasteiger partial charge in [-0.25, -0.2) is 14.8 Å². The Morgan fingerprint density at radius 1 is 1.12 bits per heavy atom. The van der Waals surface area contributed by atoms with Gasteiger partial charge in [0, 0.05) is 46.0 Å². The summed E-state index contributed by atoms with van der Waals surface area (Å²) < 4.78 is 31.7. The van der Waals surface area contributed by atoms with Crippen molar-refractivity contribution in [3.05, 3.63) is 53.9 Å². The fourth-order valence-corrected chi connectivity index (χ4v) is 4.67. The molecule has 1 fully saturated rings. The van der Waals surface area contributed by atoms with E-state index in [0.717, 1.165) is 38.3 Å². The zero-order valence-electron chi connectivity index (χ0n) is 18.5. The summed E-state index contributed by atoms with van der Waals surface area (Å²) in [5.74, 6) is -1.38. The molecular formula is C23H27F3N4O3. The van der Waals surface area contributed by atoms with Crippen LogP contribution in [0.25, 0.3) is 0 Å². The monoisotopic (exact) mass is 464 g/mol. The number of carbonyl (C=O) groups is 2. The highest BCUT2D eigenvalue weighted by molar-refractivity contribution is 5.77. The van der Waals surface area contributed by atoms with E-state index in [0.29, 0.717) is 12.3 Å². The number of hydrogen-bond acceptors (Lipinski definition) is 5. The van der Waals surface area contributed by atoms with Crippen molar-refractivity contribution < 1.29 is 27.9 Å². The van der Waals surface area contributed by atoms with E-state index >= 15 is 0 Å². The quantitative estimate of drug-likeness (QED) is 0.747. The molecule has 1 unspecified atom stereocenters. The number of fused-ring (bicyclic) bond motifs is 2. The van der Waals surface area contributed by atoms with Crippen LogP contribution >= 0.6 is 0 Å². The molecule has 1 aromatic carbocycles. The standard InChI is InChI=1S/C21H26N4O.C2HF3O2/c1-24(2)19(26)14-16-15-21(18-7-4-3-6-17(16)18)8-12-25(13-9-21)20-22-10-5-11-23-20;3-2(4,5)1(6)7/h3-7,10-11,16H,8-9,12-15H2,1-2H3;(H,6,7). The Bertz CT molecular complexity index is 974. The van der Waals surface area contributed by atoms with E-state index in [2.05, 4.69) is 39.1 Å². The molecule has 10 heteroatoms. The number of aliphatic carboxylic acids is 1. The van der Waals surface area contributed by atoms with Gasteiger partial charge in [-0.05, 0) is 47.8 Å². The maximum atomic E-state index is 12.3. The van der Waals surface area contributed by atoms with Gasteiger partial charge in [-0.15, -0.1) is 0 Å². The number of hydrogen-bond donors (Lipinski definition) is 1. The van der Waals surface area contributed by atoms with Crippen molar-refractivity contribution in [2.45, 2.75) is 43.2 Å². The van der Waals surface area contributed by atoms with Crippen LogP contribution in [0.5, 0.6) is 0 Å². The Hall–Kier alpha value is -3.17. The van der Waals surface area contributed by atoms with Crippen LogP contribution in [-0.2, 0) is 15.0 Å². The molecule has 1 aromatic heterocycles. The molecule has 0 bridgehead atoms. The summed E-state index contributed by atoms with van der Waals surface area (Å²) in [5.41, 5.74) is 3.04. The highest BCUT2D eigenvalue weighted by Gasteiger charge is 2.46. The number of amides is 1. The number of aromatic nitrogens is 2. The summed E-state index contributed by atoms with van der Waals surface area (Å²) in [6.45, 7) is 1.93. The molecule has 4 rings (SSSR count). The van der Waals surface area contributed by atoms with Crippen LogP contribution < -0.4 is 4.90 Å². The third-order valence-electron chi connectivity index (χ3n) is 6.33. The van der Waals surface area contributed by atoms with E-state index < -0.39 is 12.1 Å². The minimum Gasteiger partial charge on any atom is -0.475 e. The van der Waals surface area contributed by atoms with Gasteiger partial charge in [0.15, 0.2) is 0 Å². The summed E-state index contributed by atoms with van der Waals surface area (Å²) in [4.78, 5) is 34.0. The van der Waals surface area contributed by atoms with Gasteiger partial charge in [-0.3, -0.25) is 4.79 Å². The van der Waals surface area contributed by atoms with Gasteiger partial charge < -0.3 is 14.9 Å². The predicted octanol–water partition coefficient (Wildman–Crippen LogP) is 3.61. The van der Waals surface area contributed by atoms with Crippen LogP contribution in [0.1, 0.15) is 42.7 Å². The second kappa shape index (κ2) is 9.76. The zero-order chi connectivity index (χ0) is 24.2. The highest BCUT2D eigenvalue weighted by atomic mass is 19.4. The van der Waals surface area contributed by atoms with Gasteiger partial charge in [0.05, 0.1) is 0 Å². The van der Waals surface area contributed by atoms with E-state index in [1.165, 1.54) is 11.1 Å². The van der Waals surface area contributed by atoms with Crippen LogP contribution in [0.4, 0.5) is 19.1 Å². The first-order valence-corrected chi connectivity index (χ1v) is 10.6. The van der Waals surface area contributed by atoms with E-state index in [-0.39, 0.29) is 11.3 Å². The van der Waals surface area contributed by atoms with Gasteiger partial charge in [0.25, 0.3) is 0 Å². The van der Waals surface area contributed by atoms with Gasteiger partial charge in [-0.2, -0.15) is 13.2 Å². The highest BCUT2D eigenvalue weighted by Crippen LogP contribution is 2.52. The smallest absolute Gasteiger partial charge is 0.475 e. The number of nitrogens with zero attached hydrogens (tertiary/aromatic N) is 4. The summed E-state index contributed by atoms with van der Waals surface area (Å²) >= 11 is 0. The fourth-order valence-electron chi connectivity index (χ4n) is 4.67. The normalized spacial score (nSPS) is 18.8. The Morgan fingerprint density at radius 2 is 1.70 bits per heavy atom. The lowest BCUT2D eigenvalue weighted by molar-refractivity contribution is -0.192. The lowest BCUT2D eigenvalue weighted by Gasteiger charge is -2.40.